The molecule has 1 aromatic carbocycles. The van der Waals surface area contributed by atoms with Gasteiger partial charge in [0.25, 0.3) is 0 Å². The van der Waals surface area contributed by atoms with Gasteiger partial charge in [0.2, 0.25) is 0 Å². The highest BCUT2D eigenvalue weighted by Gasteiger charge is 2.21. The monoisotopic (exact) mass is 365 g/mol. The Kier molecular flexibility index (Phi) is 5.85. The molecule has 0 N–H and O–H groups in total. The van der Waals surface area contributed by atoms with Gasteiger partial charge in [-0.2, -0.15) is 0 Å². The van der Waals surface area contributed by atoms with Crippen LogP contribution in [0.15, 0.2) is 30.6 Å². The lowest BCUT2D eigenvalue weighted by molar-refractivity contribution is 0.166. The molecule has 2 heterocycles. The minimum Gasteiger partial charge on any atom is -0.334 e. The van der Waals surface area contributed by atoms with Gasteiger partial charge in [0, 0.05) is 31.4 Å². The van der Waals surface area contributed by atoms with E-state index in [9.17, 15) is 0 Å². The predicted octanol–water partition coefficient (Wildman–Crippen LogP) is 5.23. The van der Waals surface area contributed by atoms with Crippen molar-refractivity contribution >= 4 is 23.2 Å². The van der Waals surface area contributed by atoms with E-state index >= 15 is 0 Å². The second-order valence-electron chi connectivity index (χ2n) is 7.06. The normalized spacial score (nSPS) is 16.9. The summed E-state index contributed by atoms with van der Waals surface area (Å²) in [6.07, 6.45) is 6.51. The summed E-state index contributed by atoms with van der Waals surface area (Å²) < 4.78 is 2.34. The van der Waals surface area contributed by atoms with Crippen LogP contribution in [0.1, 0.15) is 44.0 Å². The van der Waals surface area contributed by atoms with Crippen molar-refractivity contribution in [2.75, 3.05) is 13.1 Å². The fraction of sp³-hybridized carbons (Fsp3) is 0.526. The zero-order chi connectivity index (χ0) is 17.1. The van der Waals surface area contributed by atoms with Gasteiger partial charge in [0.15, 0.2) is 0 Å². The highest BCUT2D eigenvalue weighted by Crippen LogP contribution is 2.26. The first-order valence-electron chi connectivity index (χ1n) is 8.70. The Bertz CT molecular complexity index is 673. The highest BCUT2D eigenvalue weighted by molar-refractivity contribution is 6.42. The summed E-state index contributed by atoms with van der Waals surface area (Å²) in [5, 5.41) is 1.27. The summed E-state index contributed by atoms with van der Waals surface area (Å²) in [6, 6.07) is 5.94. The summed E-state index contributed by atoms with van der Waals surface area (Å²) in [5.74, 6) is 2.42. The summed E-state index contributed by atoms with van der Waals surface area (Å²) in [4.78, 5) is 7.00. The highest BCUT2D eigenvalue weighted by atomic mass is 35.5. The SMILES string of the molecule is CC(C)c1nccn1CC1CCN(Cc2ccc(Cl)c(Cl)c2)CC1. The van der Waals surface area contributed by atoms with E-state index in [4.69, 9.17) is 23.2 Å². The molecule has 1 saturated heterocycles. The molecule has 0 unspecified atom stereocenters. The smallest absolute Gasteiger partial charge is 0.111 e. The van der Waals surface area contributed by atoms with E-state index in [2.05, 4.69) is 40.6 Å². The number of imidazole rings is 1. The number of piperidine rings is 1. The average Bonchev–Trinajstić information content (AvgIpc) is 3.01. The third kappa shape index (κ3) is 4.33. The number of hydrogen-bond acceptors (Lipinski definition) is 2. The molecule has 1 aliphatic heterocycles. The van der Waals surface area contributed by atoms with Crippen molar-refractivity contribution in [1.29, 1.82) is 0 Å². The maximum absolute atomic E-state index is 6.12. The lowest BCUT2D eigenvalue weighted by Gasteiger charge is -2.32. The van der Waals surface area contributed by atoms with Gasteiger partial charge in [-0.05, 0) is 49.5 Å². The third-order valence-corrected chi connectivity index (χ3v) is 5.56. The van der Waals surface area contributed by atoms with Crippen molar-refractivity contribution in [3.05, 3.63) is 52.0 Å². The maximum Gasteiger partial charge on any atom is 0.111 e. The molecule has 130 valence electrons. The van der Waals surface area contributed by atoms with Crippen LogP contribution >= 0.6 is 23.2 Å². The minimum absolute atomic E-state index is 0.481. The molecule has 0 radical (unpaired) electrons. The van der Waals surface area contributed by atoms with Crippen molar-refractivity contribution < 1.29 is 0 Å². The zero-order valence-electron chi connectivity index (χ0n) is 14.4. The molecular weight excluding hydrogens is 341 g/mol. The number of likely N-dealkylation sites (tertiary alicyclic amines) is 1. The van der Waals surface area contributed by atoms with E-state index in [1.165, 1.54) is 24.2 Å². The molecule has 1 aromatic heterocycles. The molecule has 3 nitrogen and oxygen atoms in total. The van der Waals surface area contributed by atoms with E-state index in [0.29, 0.717) is 16.0 Å². The Hall–Kier alpha value is -1.03. The number of benzene rings is 1. The molecule has 2 aromatic rings. The van der Waals surface area contributed by atoms with Gasteiger partial charge >= 0.3 is 0 Å². The first kappa shape index (κ1) is 17.8. The van der Waals surface area contributed by atoms with Gasteiger partial charge in [-0.1, -0.05) is 43.1 Å². The minimum atomic E-state index is 0.481. The second kappa shape index (κ2) is 7.90. The van der Waals surface area contributed by atoms with Crippen LogP contribution in [0.5, 0.6) is 0 Å². The van der Waals surface area contributed by atoms with Gasteiger partial charge in [-0.3, -0.25) is 4.90 Å². The van der Waals surface area contributed by atoms with Crippen LogP contribution in [0.3, 0.4) is 0 Å². The van der Waals surface area contributed by atoms with E-state index in [-0.39, 0.29) is 0 Å². The van der Waals surface area contributed by atoms with Crippen molar-refractivity contribution in [1.82, 2.24) is 14.5 Å². The van der Waals surface area contributed by atoms with Crippen LogP contribution < -0.4 is 0 Å². The number of aromatic nitrogens is 2. The van der Waals surface area contributed by atoms with Crippen LogP contribution in [0.25, 0.3) is 0 Å². The van der Waals surface area contributed by atoms with E-state index in [1.807, 2.05) is 18.3 Å². The molecule has 0 spiro atoms. The molecule has 0 bridgehead atoms. The van der Waals surface area contributed by atoms with Crippen LogP contribution in [0, 0.1) is 5.92 Å². The lowest BCUT2D eigenvalue weighted by Crippen LogP contribution is -2.34. The second-order valence-corrected chi connectivity index (χ2v) is 7.87. The Morgan fingerprint density at radius 3 is 2.58 bits per heavy atom. The molecule has 0 amide bonds. The standard InChI is InChI=1S/C19H25Cl2N3/c1-14(2)19-22-7-10-24(19)13-15-5-8-23(9-6-15)12-16-3-4-17(20)18(21)11-16/h3-4,7,10-11,14-15H,5-6,8-9,12-13H2,1-2H3. The molecule has 1 aliphatic rings. The number of hydrogen-bond donors (Lipinski definition) is 0. The topological polar surface area (TPSA) is 21.1 Å². The van der Waals surface area contributed by atoms with Gasteiger partial charge in [-0.15, -0.1) is 0 Å². The molecule has 24 heavy (non-hydrogen) atoms. The summed E-state index contributed by atoms with van der Waals surface area (Å²) >= 11 is 12.1. The van der Waals surface area contributed by atoms with Crippen molar-refractivity contribution in [3.63, 3.8) is 0 Å². The third-order valence-electron chi connectivity index (χ3n) is 4.82. The average molecular weight is 366 g/mol. The molecule has 5 heteroatoms. The Morgan fingerprint density at radius 2 is 1.92 bits per heavy atom. The summed E-state index contributed by atoms with van der Waals surface area (Å²) in [6.45, 7) is 8.73. The Balaban J connectivity index is 1.52. The predicted molar refractivity (Wildman–Crippen MR) is 101 cm³/mol. The van der Waals surface area contributed by atoms with Gasteiger partial charge < -0.3 is 4.57 Å². The molecule has 0 atom stereocenters. The fourth-order valence-corrected chi connectivity index (χ4v) is 3.80. The Labute approximate surface area is 154 Å². The molecule has 3 rings (SSSR count). The number of nitrogens with zero attached hydrogens (tertiary/aromatic N) is 3. The van der Waals surface area contributed by atoms with Gasteiger partial charge in [-0.25, -0.2) is 4.98 Å². The van der Waals surface area contributed by atoms with E-state index < -0.39 is 0 Å². The largest absolute Gasteiger partial charge is 0.334 e. The maximum atomic E-state index is 6.12. The van der Waals surface area contributed by atoms with Crippen LogP contribution in [-0.4, -0.2) is 27.5 Å². The van der Waals surface area contributed by atoms with Crippen molar-refractivity contribution in [2.45, 2.75) is 45.7 Å². The van der Waals surface area contributed by atoms with E-state index in [1.54, 1.807) is 0 Å². The van der Waals surface area contributed by atoms with Gasteiger partial charge in [0.05, 0.1) is 10.0 Å². The number of halogens is 2. The number of rotatable bonds is 5. The first-order chi connectivity index (χ1) is 11.5. The van der Waals surface area contributed by atoms with Crippen molar-refractivity contribution in [3.8, 4) is 0 Å². The fourth-order valence-electron chi connectivity index (χ4n) is 3.48. The lowest BCUT2D eigenvalue weighted by atomic mass is 9.96. The first-order valence-corrected chi connectivity index (χ1v) is 9.46. The van der Waals surface area contributed by atoms with Gasteiger partial charge in [0.1, 0.15) is 5.82 Å². The molecule has 1 fully saturated rings. The molecule has 0 aliphatic carbocycles. The van der Waals surface area contributed by atoms with Crippen LogP contribution in [0.4, 0.5) is 0 Å². The summed E-state index contributed by atoms with van der Waals surface area (Å²) in [7, 11) is 0. The zero-order valence-corrected chi connectivity index (χ0v) is 15.9. The van der Waals surface area contributed by atoms with Crippen LogP contribution in [-0.2, 0) is 13.1 Å². The molecular formula is C19H25Cl2N3. The van der Waals surface area contributed by atoms with Crippen molar-refractivity contribution in [2.24, 2.45) is 5.92 Å². The Morgan fingerprint density at radius 1 is 1.17 bits per heavy atom. The quantitative estimate of drug-likeness (QED) is 0.723. The summed E-state index contributed by atoms with van der Waals surface area (Å²) in [5.41, 5.74) is 1.24. The van der Waals surface area contributed by atoms with E-state index in [0.717, 1.165) is 32.1 Å². The van der Waals surface area contributed by atoms with Crippen LogP contribution in [0.2, 0.25) is 10.0 Å². The molecule has 0 saturated carbocycles.